The highest BCUT2D eigenvalue weighted by Crippen LogP contribution is 2.23. The maximum atomic E-state index is 13.5. The number of carbonyl (C=O) groups excluding carboxylic acids is 3. The molecule has 0 bridgehead atoms. The van der Waals surface area contributed by atoms with Gasteiger partial charge in [-0.3, -0.25) is 14.4 Å². The molecule has 0 radical (unpaired) electrons. The summed E-state index contributed by atoms with van der Waals surface area (Å²) in [6.45, 7) is 6.87. The van der Waals surface area contributed by atoms with Gasteiger partial charge in [-0.15, -0.1) is 0 Å². The third kappa shape index (κ3) is 6.40. The average molecular weight is 454 g/mol. The Labute approximate surface area is 194 Å². The minimum Gasteiger partial charge on any atom is -0.352 e. The van der Waals surface area contributed by atoms with Crippen LogP contribution in [0.2, 0.25) is 0 Å². The van der Waals surface area contributed by atoms with Gasteiger partial charge in [-0.05, 0) is 61.9 Å². The van der Waals surface area contributed by atoms with Gasteiger partial charge in [0.15, 0.2) is 0 Å². The number of benzene rings is 2. The second-order valence-corrected chi connectivity index (χ2v) is 9.00. The molecule has 3 amide bonds. The number of amides is 3. The zero-order valence-corrected chi connectivity index (χ0v) is 19.4. The number of halogens is 1. The van der Waals surface area contributed by atoms with Crippen LogP contribution in [0.3, 0.4) is 0 Å². The lowest BCUT2D eigenvalue weighted by Gasteiger charge is -2.36. The van der Waals surface area contributed by atoms with E-state index in [1.165, 1.54) is 18.2 Å². The molecule has 1 fully saturated rings. The first kappa shape index (κ1) is 24.4. The van der Waals surface area contributed by atoms with E-state index in [4.69, 9.17) is 0 Å². The maximum absolute atomic E-state index is 13.5. The molecule has 2 atom stereocenters. The molecule has 2 N–H and O–H groups in total. The SMILES string of the molecule is CC(C)[C@H](C)NC(=O)[C@@H](NC(=O)c1ccccc1)C1CCN(C(=O)c2cccc(F)c2)CC1. The van der Waals surface area contributed by atoms with Crippen LogP contribution < -0.4 is 10.6 Å². The summed E-state index contributed by atoms with van der Waals surface area (Å²) in [7, 11) is 0. The van der Waals surface area contributed by atoms with Gasteiger partial charge in [-0.2, -0.15) is 0 Å². The summed E-state index contributed by atoms with van der Waals surface area (Å²) in [6.07, 6.45) is 1.12. The predicted octanol–water partition coefficient (Wildman–Crippen LogP) is 3.64. The van der Waals surface area contributed by atoms with Crippen LogP contribution in [0, 0.1) is 17.7 Å². The molecule has 2 aromatic rings. The molecule has 2 aromatic carbocycles. The van der Waals surface area contributed by atoms with Gasteiger partial charge in [-0.25, -0.2) is 4.39 Å². The van der Waals surface area contributed by atoms with Crippen LogP contribution in [0.4, 0.5) is 4.39 Å². The summed E-state index contributed by atoms with van der Waals surface area (Å²) in [5, 5.41) is 5.95. The average Bonchev–Trinajstić information content (AvgIpc) is 2.82. The van der Waals surface area contributed by atoms with Crippen LogP contribution >= 0.6 is 0 Å². The van der Waals surface area contributed by atoms with Crippen molar-refractivity contribution in [3.05, 3.63) is 71.5 Å². The largest absolute Gasteiger partial charge is 0.352 e. The second-order valence-electron chi connectivity index (χ2n) is 9.00. The van der Waals surface area contributed by atoms with Gasteiger partial charge in [0.05, 0.1) is 0 Å². The summed E-state index contributed by atoms with van der Waals surface area (Å²) in [4.78, 5) is 40.4. The molecule has 1 saturated heterocycles. The van der Waals surface area contributed by atoms with Crippen LogP contribution in [-0.4, -0.2) is 47.8 Å². The van der Waals surface area contributed by atoms with E-state index < -0.39 is 11.9 Å². The summed E-state index contributed by atoms with van der Waals surface area (Å²) in [5.74, 6) is -1.05. The minimum absolute atomic E-state index is 0.0386. The van der Waals surface area contributed by atoms with Crippen LogP contribution in [0.25, 0.3) is 0 Å². The van der Waals surface area contributed by atoms with E-state index >= 15 is 0 Å². The van der Waals surface area contributed by atoms with Crippen molar-refractivity contribution in [1.82, 2.24) is 15.5 Å². The third-order valence-electron chi connectivity index (χ3n) is 6.34. The Morgan fingerprint density at radius 2 is 1.55 bits per heavy atom. The summed E-state index contributed by atoms with van der Waals surface area (Å²) < 4.78 is 13.5. The predicted molar refractivity (Wildman–Crippen MR) is 125 cm³/mol. The zero-order chi connectivity index (χ0) is 24.0. The number of carbonyl (C=O) groups is 3. The van der Waals surface area contributed by atoms with Crippen molar-refractivity contribution in [2.75, 3.05) is 13.1 Å². The molecule has 1 aliphatic rings. The van der Waals surface area contributed by atoms with E-state index in [1.54, 1.807) is 35.2 Å². The highest BCUT2D eigenvalue weighted by Gasteiger charge is 2.35. The minimum atomic E-state index is -0.703. The van der Waals surface area contributed by atoms with E-state index in [-0.39, 0.29) is 35.6 Å². The van der Waals surface area contributed by atoms with Crippen molar-refractivity contribution in [3.8, 4) is 0 Å². The Morgan fingerprint density at radius 3 is 2.15 bits per heavy atom. The van der Waals surface area contributed by atoms with Crippen molar-refractivity contribution < 1.29 is 18.8 Å². The lowest BCUT2D eigenvalue weighted by atomic mass is 9.87. The number of hydrogen-bond donors (Lipinski definition) is 2. The molecule has 0 spiro atoms. The lowest BCUT2D eigenvalue weighted by Crippen LogP contribution is -2.55. The fourth-order valence-corrected chi connectivity index (χ4v) is 3.93. The molecule has 0 unspecified atom stereocenters. The third-order valence-corrected chi connectivity index (χ3v) is 6.34. The molecule has 0 aliphatic carbocycles. The molecule has 1 heterocycles. The van der Waals surface area contributed by atoms with E-state index in [9.17, 15) is 18.8 Å². The molecular formula is C26H32FN3O3. The van der Waals surface area contributed by atoms with Crippen LogP contribution in [-0.2, 0) is 4.79 Å². The Hall–Kier alpha value is -3.22. The van der Waals surface area contributed by atoms with E-state index in [1.807, 2.05) is 26.8 Å². The number of likely N-dealkylation sites (tertiary alicyclic amines) is 1. The molecule has 0 saturated carbocycles. The van der Waals surface area contributed by atoms with Gasteiger partial charge >= 0.3 is 0 Å². The molecule has 3 rings (SSSR count). The van der Waals surface area contributed by atoms with Gasteiger partial charge in [0.2, 0.25) is 5.91 Å². The van der Waals surface area contributed by atoms with E-state index in [2.05, 4.69) is 10.6 Å². The lowest BCUT2D eigenvalue weighted by molar-refractivity contribution is -0.125. The van der Waals surface area contributed by atoms with Gasteiger partial charge in [0.1, 0.15) is 11.9 Å². The number of hydrogen-bond acceptors (Lipinski definition) is 3. The molecule has 6 nitrogen and oxygen atoms in total. The van der Waals surface area contributed by atoms with Crippen molar-refractivity contribution in [1.29, 1.82) is 0 Å². The molecule has 7 heteroatoms. The van der Waals surface area contributed by atoms with Crippen molar-refractivity contribution in [2.45, 2.75) is 45.7 Å². The zero-order valence-electron chi connectivity index (χ0n) is 19.4. The van der Waals surface area contributed by atoms with Crippen LogP contribution in [0.15, 0.2) is 54.6 Å². The fraction of sp³-hybridized carbons (Fsp3) is 0.423. The number of rotatable bonds is 7. The van der Waals surface area contributed by atoms with Crippen molar-refractivity contribution in [3.63, 3.8) is 0 Å². The number of piperidine rings is 1. The highest BCUT2D eigenvalue weighted by molar-refractivity contribution is 5.97. The monoisotopic (exact) mass is 453 g/mol. The van der Waals surface area contributed by atoms with Gasteiger partial charge < -0.3 is 15.5 Å². The summed E-state index contributed by atoms with van der Waals surface area (Å²) in [6, 6.07) is 13.7. The first-order valence-electron chi connectivity index (χ1n) is 11.5. The Balaban J connectivity index is 1.70. The van der Waals surface area contributed by atoms with E-state index in [0.717, 1.165) is 0 Å². The maximum Gasteiger partial charge on any atom is 0.253 e. The summed E-state index contributed by atoms with van der Waals surface area (Å²) in [5.41, 5.74) is 0.803. The first-order chi connectivity index (χ1) is 15.8. The fourth-order valence-electron chi connectivity index (χ4n) is 3.93. The topological polar surface area (TPSA) is 78.5 Å². The Morgan fingerprint density at radius 1 is 0.909 bits per heavy atom. The Bertz CT molecular complexity index is 972. The van der Waals surface area contributed by atoms with Crippen LogP contribution in [0.1, 0.15) is 54.3 Å². The van der Waals surface area contributed by atoms with Gasteiger partial charge in [0.25, 0.3) is 11.8 Å². The standard InChI is InChI=1S/C26H32FN3O3/c1-17(2)18(3)28-25(32)23(29-24(31)20-8-5-4-6-9-20)19-12-14-30(15-13-19)26(33)21-10-7-11-22(27)16-21/h4-11,16-19,23H,12-15H2,1-3H3,(H,28,32)(H,29,31)/t18-,23-/m0/s1. The van der Waals surface area contributed by atoms with Gasteiger partial charge in [0, 0.05) is 30.3 Å². The summed E-state index contributed by atoms with van der Waals surface area (Å²) >= 11 is 0. The molecule has 1 aliphatic heterocycles. The normalized spacial score (nSPS) is 16.2. The molecular weight excluding hydrogens is 421 g/mol. The smallest absolute Gasteiger partial charge is 0.253 e. The molecule has 33 heavy (non-hydrogen) atoms. The van der Waals surface area contributed by atoms with Gasteiger partial charge in [-0.1, -0.05) is 38.1 Å². The van der Waals surface area contributed by atoms with Crippen molar-refractivity contribution in [2.24, 2.45) is 11.8 Å². The number of nitrogens with one attached hydrogen (secondary N) is 2. The number of nitrogens with zero attached hydrogens (tertiary/aromatic N) is 1. The molecule has 0 aromatic heterocycles. The highest BCUT2D eigenvalue weighted by atomic mass is 19.1. The second kappa shape index (κ2) is 11.1. The molecule has 176 valence electrons. The quantitative estimate of drug-likeness (QED) is 0.672. The Kier molecular flexibility index (Phi) is 8.20. The van der Waals surface area contributed by atoms with Crippen molar-refractivity contribution >= 4 is 17.7 Å². The first-order valence-corrected chi connectivity index (χ1v) is 11.5. The van der Waals surface area contributed by atoms with Crippen LogP contribution in [0.5, 0.6) is 0 Å². The van der Waals surface area contributed by atoms with E-state index in [0.29, 0.717) is 37.1 Å².